The molecule has 0 N–H and O–H groups in total. The molecule has 0 saturated carbocycles. The summed E-state index contributed by atoms with van der Waals surface area (Å²) in [6, 6.07) is 20.2. The highest BCUT2D eigenvalue weighted by atomic mass is 79.9. The maximum Gasteiger partial charge on any atom is 0.259 e. The molecular formula is C20H17BrN2O2. The van der Waals surface area contributed by atoms with Crippen molar-refractivity contribution in [3.63, 3.8) is 0 Å². The molecule has 1 aromatic heterocycles. The Morgan fingerprint density at radius 2 is 1.68 bits per heavy atom. The maximum absolute atomic E-state index is 12.7. The average Bonchev–Trinajstić information content (AvgIpc) is 2.65. The van der Waals surface area contributed by atoms with Crippen LogP contribution in [0.5, 0.6) is 0 Å². The van der Waals surface area contributed by atoms with Gasteiger partial charge in [0, 0.05) is 29.5 Å². The summed E-state index contributed by atoms with van der Waals surface area (Å²) in [6.45, 7) is 0.419. The Kier molecular flexibility index (Phi) is 5.14. The molecule has 126 valence electrons. The summed E-state index contributed by atoms with van der Waals surface area (Å²) in [4.78, 5) is 26.4. The van der Waals surface area contributed by atoms with Crippen molar-refractivity contribution in [1.29, 1.82) is 0 Å². The van der Waals surface area contributed by atoms with Crippen LogP contribution in [-0.4, -0.2) is 17.5 Å². The predicted octanol–water partition coefficient (Wildman–Crippen LogP) is 3.94. The first kappa shape index (κ1) is 17.2. The van der Waals surface area contributed by atoms with E-state index in [0.29, 0.717) is 12.1 Å². The molecule has 3 rings (SSSR count). The monoisotopic (exact) mass is 396 g/mol. The van der Waals surface area contributed by atoms with E-state index in [2.05, 4.69) is 15.9 Å². The van der Waals surface area contributed by atoms with Crippen LogP contribution in [0.2, 0.25) is 0 Å². The molecule has 5 heteroatoms. The summed E-state index contributed by atoms with van der Waals surface area (Å²) < 4.78 is 2.53. The Bertz CT molecular complexity index is 934. The van der Waals surface area contributed by atoms with Crippen molar-refractivity contribution in [1.82, 2.24) is 4.57 Å². The molecule has 0 saturated heterocycles. The van der Waals surface area contributed by atoms with Gasteiger partial charge in [-0.1, -0.05) is 46.3 Å². The summed E-state index contributed by atoms with van der Waals surface area (Å²) in [7, 11) is 1.72. The van der Waals surface area contributed by atoms with Crippen LogP contribution < -0.4 is 10.5 Å². The molecule has 0 bridgehead atoms. The van der Waals surface area contributed by atoms with E-state index < -0.39 is 0 Å². The molecule has 0 aliphatic carbocycles. The highest BCUT2D eigenvalue weighted by Gasteiger charge is 2.14. The number of carbonyl (C=O) groups excluding carboxylic acids is 1. The molecule has 1 heterocycles. The second-order valence-electron chi connectivity index (χ2n) is 5.71. The van der Waals surface area contributed by atoms with Crippen LogP contribution in [0, 0.1) is 0 Å². The van der Waals surface area contributed by atoms with Gasteiger partial charge in [-0.3, -0.25) is 9.59 Å². The van der Waals surface area contributed by atoms with E-state index in [1.165, 1.54) is 6.07 Å². The Hall–Kier alpha value is -2.66. The minimum atomic E-state index is -0.157. The summed E-state index contributed by atoms with van der Waals surface area (Å²) >= 11 is 3.40. The quantitative estimate of drug-likeness (QED) is 0.670. The number of pyridine rings is 1. The number of halogens is 1. The van der Waals surface area contributed by atoms with Gasteiger partial charge in [0.05, 0.1) is 12.1 Å². The van der Waals surface area contributed by atoms with Gasteiger partial charge in [0.2, 0.25) is 0 Å². The first-order valence-electron chi connectivity index (χ1n) is 7.82. The van der Waals surface area contributed by atoms with Gasteiger partial charge in [0.1, 0.15) is 0 Å². The summed E-state index contributed by atoms with van der Waals surface area (Å²) in [5.41, 5.74) is 2.13. The fourth-order valence-electron chi connectivity index (χ4n) is 2.53. The van der Waals surface area contributed by atoms with Gasteiger partial charge in [-0.2, -0.15) is 0 Å². The smallest absolute Gasteiger partial charge is 0.259 e. The molecular weight excluding hydrogens is 380 g/mol. The molecule has 0 atom stereocenters. The largest absolute Gasteiger partial charge is 0.311 e. The lowest BCUT2D eigenvalue weighted by Crippen LogP contribution is -2.28. The molecule has 25 heavy (non-hydrogen) atoms. The van der Waals surface area contributed by atoms with Crippen LogP contribution in [0.25, 0.3) is 0 Å². The van der Waals surface area contributed by atoms with E-state index in [4.69, 9.17) is 0 Å². The van der Waals surface area contributed by atoms with Crippen LogP contribution in [0.3, 0.4) is 0 Å². The first-order valence-corrected chi connectivity index (χ1v) is 8.62. The minimum absolute atomic E-state index is 0.137. The Balaban J connectivity index is 1.87. The number of hydrogen-bond donors (Lipinski definition) is 0. The Morgan fingerprint density at radius 1 is 1.00 bits per heavy atom. The Labute approximate surface area is 154 Å². The number of para-hydroxylation sites is 1. The molecule has 0 spiro atoms. The Morgan fingerprint density at radius 3 is 2.36 bits per heavy atom. The van der Waals surface area contributed by atoms with Crippen LogP contribution in [0.4, 0.5) is 5.69 Å². The van der Waals surface area contributed by atoms with Gasteiger partial charge in [-0.25, -0.2) is 0 Å². The van der Waals surface area contributed by atoms with Crippen molar-refractivity contribution >= 4 is 27.5 Å². The molecule has 1 amide bonds. The highest BCUT2D eigenvalue weighted by molar-refractivity contribution is 9.10. The molecule has 0 unspecified atom stereocenters. The number of carbonyl (C=O) groups is 1. The van der Waals surface area contributed by atoms with Crippen molar-refractivity contribution in [2.75, 3.05) is 11.9 Å². The molecule has 0 fully saturated rings. The van der Waals surface area contributed by atoms with Gasteiger partial charge in [0.15, 0.2) is 0 Å². The number of rotatable bonds is 4. The fourth-order valence-corrected chi connectivity index (χ4v) is 2.79. The number of aromatic nitrogens is 1. The van der Waals surface area contributed by atoms with Gasteiger partial charge in [0.25, 0.3) is 11.5 Å². The summed E-state index contributed by atoms with van der Waals surface area (Å²) in [5, 5.41) is 0. The minimum Gasteiger partial charge on any atom is -0.311 e. The zero-order valence-electron chi connectivity index (χ0n) is 13.7. The standard InChI is InChI=1S/C20H17BrN2O2/c1-22(18-5-3-2-4-6-18)20(25)16-9-12-19(24)23(14-16)13-15-7-10-17(21)11-8-15/h2-12,14H,13H2,1H3. The summed E-state index contributed by atoms with van der Waals surface area (Å²) in [6.07, 6.45) is 1.62. The third-order valence-electron chi connectivity index (χ3n) is 3.94. The van der Waals surface area contributed by atoms with Crippen LogP contribution in [0.15, 0.2) is 82.2 Å². The van der Waals surface area contributed by atoms with Crippen LogP contribution in [-0.2, 0) is 6.54 Å². The first-order chi connectivity index (χ1) is 12.0. The second-order valence-corrected chi connectivity index (χ2v) is 6.63. The molecule has 0 aliphatic heterocycles. The third-order valence-corrected chi connectivity index (χ3v) is 4.47. The van der Waals surface area contributed by atoms with Crippen molar-refractivity contribution in [2.45, 2.75) is 6.54 Å². The van der Waals surface area contributed by atoms with Crippen molar-refractivity contribution < 1.29 is 4.79 Å². The van der Waals surface area contributed by atoms with Crippen LogP contribution >= 0.6 is 15.9 Å². The van der Waals surface area contributed by atoms with Gasteiger partial charge < -0.3 is 9.47 Å². The number of anilines is 1. The topological polar surface area (TPSA) is 42.3 Å². The fraction of sp³-hybridized carbons (Fsp3) is 0.100. The van der Waals surface area contributed by atoms with Crippen LogP contribution in [0.1, 0.15) is 15.9 Å². The SMILES string of the molecule is CN(C(=O)c1ccc(=O)n(Cc2ccc(Br)cc2)c1)c1ccccc1. The van der Waals surface area contributed by atoms with Crippen molar-refractivity contribution in [3.8, 4) is 0 Å². The maximum atomic E-state index is 12.7. The molecule has 0 aliphatic rings. The van der Waals surface area contributed by atoms with Gasteiger partial charge in [-0.15, -0.1) is 0 Å². The highest BCUT2D eigenvalue weighted by Crippen LogP contribution is 2.15. The van der Waals surface area contributed by atoms with Crippen molar-refractivity contribution in [2.24, 2.45) is 0 Å². The number of benzene rings is 2. The zero-order chi connectivity index (χ0) is 17.8. The lowest BCUT2D eigenvalue weighted by molar-refractivity contribution is 0.0992. The lowest BCUT2D eigenvalue weighted by Gasteiger charge is -2.18. The number of amides is 1. The van der Waals surface area contributed by atoms with E-state index in [0.717, 1.165) is 15.7 Å². The second kappa shape index (κ2) is 7.49. The molecule has 4 nitrogen and oxygen atoms in total. The molecule has 0 radical (unpaired) electrons. The molecule has 3 aromatic rings. The van der Waals surface area contributed by atoms with E-state index >= 15 is 0 Å². The normalized spacial score (nSPS) is 10.5. The lowest BCUT2D eigenvalue weighted by atomic mass is 10.2. The number of hydrogen-bond acceptors (Lipinski definition) is 2. The zero-order valence-corrected chi connectivity index (χ0v) is 15.3. The summed E-state index contributed by atoms with van der Waals surface area (Å²) in [5.74, 6) is -0.157. The predicted molar refractivity (Wildman–Crippen MR) is 103 cm³/mol. The number of nitrogens with zero attached hydrogens (tertiary/aromatic N) is 2. The van der Waals surface area contributed by atoms with E-state index in [1.54, 1.807) is 28.8 Å². The van der Waals surface area contributed by atoms with Crippen molar-refractivity contribution in [3.05, 3.63) is 98.9 Å². The van der Waals surface area contributed by atoms with E-state index in [-0.39, 0.29) is 11.5 Å². The van der Waals surface area contributed by atoms with Gasteiger partial charge >= 0.3 is 0 Å². The average molecular weight is 397 g/mol. The van der Waals surface area contributed by atoms with E-state index in [1.807, 2.05) is 54.6 Å². The third kappa shape index (κ3) is 4.06. The van der Waals surface area contributed by atoms with Gasteiger partial charge in [-0.05, 0) is 35.9 Å². The van der Waals surface area contributed by atoms with E-state index in [9.17, 15) is 9.59 Å². The molecule has 2 aromatic carbocycles.